The van der Waals surface area contributed by atoms with Crippen molar-refractivity contribution < 1.29 is 9.53 Å². The van der Waals surface area contributed by atoms with Gasteiger partial charge in [0.15, 0.2) is 6.10 Å². The summed E-state index contributed by atoms with van der Waals surface area (Å²) in [6, 6.07) is 12.0. The molecule has 0 aliphatic carbocycles. The summed E-state index contributed by atoms with van der Waals surface area (Å²) in [5.41, 5.74) is 2.20. The van der Waals surface area contributed by atoms with Gasteiger partial charge < -0.3 is 10.1 Å². The molecule has 1 aliphatic heterocycles. The van der Waals surface area contributed by atoms with E-state index in [2.05, 4.69) is 27.3 Å². The largest absolute Gasteiger partial charge is 0.363 e. The number of rotatable bonds is 3. The molecule has 1 aromatic carbocycles. The molecule has 0 saturated carbocycles. The normalized spacial score (nSPS) is 17.6. The van der Waals surface area contributed by atoms with E-state index in [-0.39, 0.29) is 5.91 Å². The summed E-state index contributed by atoms with van der Waals surface area (Å²) in [6.45, 7) is 1.14. The van der Waals surface area contributed by atoms with E-state index in [0.717, 1.165) is 20.6 Å². The molecule has 1 amide bonds. The Hall–Kier alpha value is -1.17. The van der Waals surface area contributed by atoms with Gasteiger partial charge in [0.1, 0.15) is 0 Å². The number of halogens is 1. The van der Waals surface area contributed by atoms with Crippen LogP contribution in [-0.4, -0.2) is 12.5 Å². The van der Waals surface area contributed by atoms with E-state index < -0.39 is 6.10 Å². The van der Waals surface area contributed by atoms with E-state index in [1.165, 1.54) is 5.56 Å². The monoisotopic (exact) mass is 351 g/mol. The lowest BCUT2D eigenvalue weighted by Crippen LogP contribution is -2.33. The molecular weight excluding hydrogens is 338 g/mol. The van der Waals surface area contributed by atoms with Gasteiger partial charge in [-0.25, -0.2) is 0 Å². The third kappa shape index (κ3) is 2.95. The molecule has 0 saturated heterocycles. The number of hydrogen-bond donors (Lipinski definition) is 1. The maximum absolute atomic E-state index is 12.3. The highest BCUT2D eigenvalue weighted by molar-refractivity contribution is 9.11. The Morgan fingerprint density at radius 1 is 1.35 bits per heavy atom. The lowest BCUT2D eigenvalue weighted by atomic mass is 9.97. The van der Waals surface area contributed by atoms with Crippen LogP contribution in [0.1, 0.15) is 22.1 Å². The molecule has 1 N–H and O–H groups in total. The van der Waals surface area contributed by atoms with Crippen LogP contribution < -0.4 is 5.32 Å². The van der Waals surface area contributed by atoms with Crippen LogP contribution in [0.25, 0.3) is 0 Å². The fourth-order valence-corrected chi connectivity index (χ4v) is 3.75. The maximum Gasteiger partial charge on any atom is 0.254 e. The minimum absolute atomic E-state index is 0.0679. The average molecular weight is 352 g/mol. The molecule has 1 atom stereocenters. The summed E-state index contributed by atoms with van der Waals surface area (Å²) in [5, 5.41) is 2.95. The molecular formula is C15H14BrNO2S. The summed E-state index contributed by atoms with van der Waals surface area (Å²) < 4.78 is 6.71. The molecule has 20 heavy (non-hydrogen) atoms. The Bertz CT molecular complexity index is 626. The third-order valence-electron chi connectivity index (χ3n) is 3.30. The number of carbonyl (C=O) groups is 1. The standard InChI is InChI=1S/C15H14BrNO2S/c16-13-6-5-11(20-13)9-17-15(18)14-12-4-2-1-3-10(12)7-8-19-14/h1-6,14H,7-9H2,(H,17,18). The average Bonchev–Trinajstić information content (AvgIpc) is 2.90. The molecule has 2 heterocycles. The van der Waals surface area contributed by atoms with Gasteiger partial charge in [-0.15, -0.1) is 11.3 Å². The van der Waals surface area contributed by atoms with E-state index in [1.807, 2.05) is 30.3 Å². The number of ether oxygens (including phenoxy) is 1. The van der Waals surface area contributed by atoms with Crippen LogP contribution in [0.3, 0.4) is 0 Å². The number of thiophene rings is 1. The molecule has 1 aromatic heterocycles. The van der Waals surface area contributed by atoms with E-state index in [1.54, 1.807) is 11.3 Å². The SMILES string of the molecule is O=C(NCc1ccc(Br)s1)C1OCCc2ccccc21. The summed E-state index contributed by atoms with van der Waals surface area (Å²) in [4.78, 5) is 13.4. The number of nitrogens with one attached hydrogen (secondary N) is 1. The van der Waals surface area contributed by atoms with E-state index in [0.29, 0.717) is 13.2 Å². The highest BCUT2D eigenvalue weighted by Gasteiger charge is 2.26. The van der Waals surface area contributed by atoms with Crippen molar-refractivity contribution in [2.75, 3.05) is 6.61 Å². The second-order valence-electron chi connectivity index (χ2n) is 4.62. The van der Waals surface area contributed by atoms with Crippen molar-refractivity contribution in [3.05, 3.63) is 56.2 Å². The molecule has 1 aliphatic rings. The Balaban J connectivity index is 1.69. The Morgan fingerprint density at radius 2 is 2.20 bits per heavy atom. The highest BCUT2D eigenvalue weighted by atomic mass is 79.9. The van der Waals surface area contributed by atoms with Gasteiger partial charge in [0.2, 0.25) is 0 Å². The first kappa shape index (κ1) is 13.8. The number of benzene rings is 1. The van der Waals surface area contributed by atoms with Gasteiger partial charge in [0, 0.05) is 4.88 Å². The fourth-order valence-electron chi connectivity index (χ4n) is 2.32. The Morgan fingerprint density at radius 3 is 3.00 bits per heavy atom. The zero-order valence-corrected chi connectivity index (χ0v) is 13.2. The lowest BCUT2D eigenvalue weighted by molar-refractivity contribution is -0.134. The first-order chi connectivity index (χ1) is 9.74. The number of hydrogen-bond acceptors (Lipinski definition) is 3. The molecule has 0 radical (unpaired) electrons. The van der Waals surface area contributed by atoms with Crippen molar-refractivity contribution in [2.24, 2.45) is 0 Å². The van der Waals surface area contributed by atoms with Crippen molar-refractivity contribution in [1.29, 1.82) is 0 Å². The number of carbonyl (C=O) groups excluding carboxylic acids is 1. The van der Waals surface area contributed by atoms with Crippen LogP contribution in [0.2, 0.25) is 0 Å². The maximum atomic E-state index is 12.3. The summed E-state index contributed by atoms with van der Waals surface area (Å²) in [7, 11) is 0. The van der Waals surface area contributed by atoms with Gasteiger partial charge >= 0.3 is 0 Å². The Labute approximate surface area is 130 Å². The van der Waals surface area contributed by atoms with Gasteiger partial charge in [0.05, 0.1) is 16.9 Å². The predicted molar refractivity (Wildman–Crippen MR) is 82.7 cm³/mol. The Kier molecular flexibility index (Phi) is 4.19. The first-order valence-electron chi connectivity index (χ1n) is 6.45. The third-order valence-corrected chi connectivity index (χ3v) is 4.92. The van der Waals surface area contributed by atoms with Crippen LogP contribution in [0, 0.1) is 0 Å². The molecule has 0 spiro atoms. The summed E-state index contributed by atoms with van der Waals surface area (Å²) >= 11 is 5.04. The first-order valence-corrected chi connectivity index (χ1v) is 8.06. The second-order valence-corrected chi connectivity index (χ2v) is 7.17. The fraction of sp³-hybridized carbons (Fsp3) is 0.267. The zero-order chi connectivity index (χ0) is 13.9. The molecule has 3 nitrogen and oxygen atoms in total. The van der Waals surface area contributed by atoms with E-state index in [4.69, 9.17) is 4.74 Å². The second kappa shape index (κ2) is 6.08. The predicted octanol–water partition coefficient (Wildman–Crippen LogP) is 3.44. The number of amides is 1. The smallest absolute Gasteiger partial charge is 0.254 e. The highest BCUT2D eigenvalue weighted by Crippen LogP contribution is 2.27. The van der Waals surface area contributed by atoms with Gasteiger partial charge in [0.25, 0.3) is 5.91 Å². The minimum atomic E-state index is -0.483. The topological polar surface area (TPSA) is 38.3 Å². The van der Waals surface area contributed by atoms with Crippen LogP contribution in [0.5, 0.6) is 0 Å². The quantitative estimate of drug-likeness (QED) is 0.919. The van der Waals surface area contributed by atoms with Crippen molar-refractivity contribution in [3.8, 4) is 0 Å². The van der Waals surface area contributed by atoms with Crippen LogP contribution in [-0.2, 0) is 22.5 Å². The van der Waals surface area contributed by atoms with Gasteiger partial charge in [-0.2, -0.15) is 0 Å². The van der Waals surface area contributed by atoms with Crippen LogP contribution >= 0.6 is 27.3 Å². The molecule has 104 valence electrons. The molecule has 5 heteroatoms. The summed E-state index contributed by atoms with van der Waals surface area (Å²) in [6.07, 6.45) is 0.390. The molecule has 3 rings (SSSR count). The molecule has 0 fully saturated rings. The van der Waals surface area contributed by atoms with Crippen LogP contribution in [0.15, 0.2) is 40.2 Å². The van der Waals surface area contributed by atoms with Crippen molar-refractivity contribution in [2.45, 2.75) is 19.1 Å². The van der Waals surface area contributed by atoms with Crippen molar-refractivity contribution >= 4 is 33.2 Å². The van der Waals surface area contributed by atoms with Crippen molar-refractivity contribution in [3.63, 3.8) is 0 Å². The minimum Gasteiger partial charge on any atom is -0.363 e. The number of fused-ring (bicyclic) bond motifs is 1. The molecule has 2 aromatic rings. The van der Waals surface area contributed by atoms with Crippen molar-refractivity contribution in [1.82, 2.24) is 5.32 Å². The molecule has 1 unspecified atom stereocenters. The van der Waals surface area contributed by atoms with E-state index >= 15 is 0 Å². The van der Waals surface area contributed by atoms with Gasteiger partial charge in [-0.3, -0.25) is 4.79 Å². The van der Waals surface area contributed by atoms with Crippen LogP contribution in [0.4, 0.5) is 0 Å². The van der Waals surface area contributed by atoms with Gasteiger partial charge in [-0.1, -0.05) is 24.3 Å². The zero-order valence-electron chi connectivity index (χ0n) is 10.8. The van der Waals surface area contributed by atoms with E-state index in [9.17, 15) is 4.79 Å². The van der Waals surface area contributed by atoms with Gasteiger partial charge in [-0.05, 0) is 45.6 Å². The lowest BCUT2D eigenvalue weighted by Gasteiger charge is -2.25. The molecule has 0 bridgehead atoms. The summed E-state index contributed by atoms with van der Waals surface area (Å²) in [5.74, 6) is -0.0679.